The smallest absolute Gasteiger partial charge is 0.243 e. The lowest BCUT2D eigenvalue weighted by atomic mass is 9.86. The lowest BCUT2D eigenvalue weighted by Crippen LogP contribution is -2.20. The number of hydrogen-bond donors (Lipinski definition) is 2. The largest absolute Gasteiger partial charge is 0.508 e. The van der Waals surface area contributed by atoms with Gasteiger partial charge in [0.05, 0.1) is 6.21 Å². The summed E-state index contributed by atoms with van der Waals surface area (Å²) in [6.07, 6.45) is 2.45. The van der Waals surface area contributed by atoms with E-state index in [9.17, 15) is 9.90 Å². The average Bonchev–Trinajstić information content (AvgIpc) is 3.37. The Morgan fingerprint density at radius 3 is 2.36 bits per heavy atom. The van der Waals surface area contributed by atoms with Crippen LogP contribution in [-0.2, 0) is 10.2 Å². The van der Waals surface area contributed by atoms with Gasteiger partial charge in [0.1, 0.15) is 5.75 Å². The Balaban J connectivity index is 1.54. The minimum absolute atomic E-state index is 0.00236. The molecule has 1 fully saturated rings. The van der Waals surface area contributed by atoms with Gasteiger partial charge in [-0.25, -0.2) is 5.43 Å². The molecule has 3 rings (SSSR count). The normalized spacial score (nSPS) is 19.8. The number of carbonyl (C=O) groups is 1. The molecule has 2 N–H and O–H groups in total. The van der Waals surface area contributed by atoms with E-state index in [1.54, 1.807) is 30.5 Å². The van der Waals surface area contributed by atoms with Crippen LogP contribution in [0.1, 0.15) is 49.8 Å². The number of carbonyl (C=O) groups excluding carboxylic acids is 1. The van der Waals surface area contributed by atoms with Gasteiger partial charge in [-0.2, -0.15) is 5.10 Å². The van der Waals surface area contributed by atoms with Crippen molar-refractivity contribution in [2.24, 2.45) is 11.0 Å². The van der Waals surface area contributed by atoms with Crippen LogP contribution in [0.3, 0.4) is 0 Å². The number of nitrogens with one attached hydrogen (secondary N) is 1. The van der Waals surface area contributed by atoms with Crippen molar-refractivity contribution in [1.82, 2.24) is 5.43 Å². The number of rotatable bonds is 4. The molecular weight excluding hydrogens is 312 g/mol. The molecule has 4 heteroatoms. The van der Waals surface area contributed by atoms with E-state index in [4.69, 9.17) is 0 Å². The monoisotopic (exact) mass is 336 g/mol. The van der Waals surface area contributed by atoms with Crippen LogP contribution in [0.5, 0.6) is 5.75 Å². The van der Waals surface area contributed by atoms with Crippen molar-refractivity contribution in [2.75, 3.05) is 0 Å². The molecular formula is C21H24N2O2. The summed E-state index contributed by atoms with van der Waals surface area (Å²) >= 11 is 0. The van der Waals surface area contributed by atoms with Gasteiger partial charge in [0, 0.05) is 5.92 Å². The Morgan fingerprint density at radius 1 is 1.12 bits per heavy atom. The summed E-state index contributed by atoms with van der Waals surface area (Å²) in [6.45, 7) is 6.59. The highest BCUT2D eigenvalue weighted by atomic mass is 16.3. The number of aromatic hydroxyl groups is 1. The van der Waals surface area contributed by atoms with Crippen molar-refractivity contribution in [1.29, 1.82) is 0 Å². The third-order valence-corrected chi connectivity index (χ3v) is 4.61. The molecule has 0 spiro atoms. The summed E-state index contributed by atoms with van der Waals surface area (Å²) in [4.78, 5) is 12.2. The van der Waals surface area contributed by atoms with Crippen LogP contribution in [0.15, 0.2) is 53.6 Å². The van der Waals surface area contributed by atoms with Crippen molar-refractivity contribution in [2.45, 2.75) is 38.5 Å². The molecule has 2 aromatic carbocycles. The fourth-order valence-corrected chi connectivity index (χ4v) is 2.90. The van der Waals surface area contributed by atoms with Crippen LogP contribution in [0.25, 0.3) is 0 Å². The molecule has 0 heterocycles. The number of hydrazone groups is 1. The topological polar surface area (TPSA) is 61.7 Å². The second-order valence-electron chi connectivity index (χ2n) is 7.65. The molecule has 130 valence electrons. The second kappa shape index (κ2) is 6.71. The zero-order valence-electron chi connectivity index (χ0n) is 14.9. The molecule has 0 aromatic heterocycles. The summed E-state index contributed by atoms with van der Waals surface area (Å²) in [5.74, 6) is 0.453. The summed E-state index contributed by atoms with van der Waals surface area (Å²) in [5, 5.41) is 13.2. The molecule has 0 bridgehead atoms. The van der Waals surface area contributed by atoms with Crippen LogP contribution >= 0.6 is 0 Å². The van der Waals surface area contributed by atoms with Gasteiger partial charge in [0.25, 0.3) is 0 Å². The molecule has 2 aromatic rings. The first-order valence-corrected chi connectivity index (χ1v) is 8.57. The van der Waals surface area contributed by atoms with Gasteiger partial charge >= 0.3 is 0 Å². The molecule has 25 heavy (non-hydrogen) atoms. The Morgan fingerprint density at radius 2 is 1.76 bits per heavy atom. The summed E-state index contributed by atoms with van der Waals surface area (Å²) in [6, 6.07) is 15.2. The fourth-order valence-electron chi connectivity index (χ4n) is 2.90. The van der Waals surface area contributed by atoms with E-state index in [2.05, 4.69) is 55.6 Å². The maximum atomic E-state index is 12.2. The zero-order valence-corrected chi connectivity index (χ0v) is 14.9. The van der Waals surface area contributed by atoms with Gasteiger partial charge in [-0.15, -0.1) is 0 Å². The molecule has 0 aliphatic heterocycles. The van der Waals surface area contributed by atoms with E-state index in [1.165, 1.54) is 11.1 Å². The van der Waals surface area contributed by atoms with Gasteiger partial charge in [0.2, 0.25) is 5.91 Å². The molecule has 1 aliphatic carbocycles. The molecule has 0 radical (unpaired) electrons. The van der Waals surface area contributed by atoms with Crippen molar-refractivity contribution in [3.63, 3.8) is 0 Å². The molecule has 4 nitrogen and oxygen atoms in total. The van der Waals surface area contributed by atoms with E-state index in [0.717, 1.165) is 12.0 Å². The summed E-state index contributed by atoms with van der Waals surface area (Å²) in [5.41, 5.74) is 6.09. The van der Waals surface area contributed by atoms with Crippen molar-refractivity contribution >= 4 is 12.1 Å². The molecule has 0 unspecified atom stereocenters. The predicted octanol–water partition coefficient (Wildman–Crippen LogP) is 3.94. The first kappa shape index (κ1) is 17.2. The highest BCUT2D eigenvalue weighted by Gasteiger charge is 2.43. The SMILES string of the molecule is CC(C)(C)c1ccc([C@@H]2C[C@H]2C(=O)N/N=C\c2ccc(O)cc2)cc1. The molecule has 0 saturated heterocycles. The summed E-state index contributed by atoms with van der Waals surface area (Å²) < 4.78 is 0. The van der Waals surface area contributed by atoms with Gasteiger partial charge in [-0.05, 0) is 58.7 Å². The zero-order chi connectivity index (χ0) is 18.0. The Hall–Kier alpha value is -2.62. The van der Waals surface area contributed by atoms with Crippen LogP contribution < -0.4 is 5.43 Å². The maximum Gasteiger partial charge on any atom is 0.243 e. The number of amides is 1. The van der Waals surface area contributed by atoms with Gasteiger partial charge in [-0.1, -0.05) is 45.0 Å². The standard InChI is InChI=1S/C21H24N2O2/c1-21(2,3)16-8-6-15(7-9-16)18-12-19(18)20(25)23-22-13-14-4-10-17(24)11-5-14/h4-11,13,18-19,24H,12H2,1-3H3,(H,23,25)/b22-13-/t18-,19+/m0/s1. The number of phenolic OH excluding ortho intramolecular Hbond substituents is 1. The first-order chi connectivity index (χ1) is 11.8. The molecule has 1 amide bonds. The van der Waals surface area contributed by atoms with Gasteiger partial charge in [0.15, 0.2) is 0 Å². The Labute approximate surface area is 148 Å². The van der Waals surface area contributed by atoms with Crippen molar-refractivity contribution < 1.29 is 9.90 Å². The Bertz CT molecular complexity index is 771. The quantitative estimate of drug-likeness (QED) is 0.656. The van der Waals surface area contributed by atoms with E-state index < -0.39 is 0 Å². The molecule has 1 saturated carbocycles. The number of phenols is 1. The molecule has 1 aliphatic rings. The van der Waals surface area contributed by atoms with Crippen molar-refractivity contribution in [3.8, 4) is 5.75 Å². The highest BCUT2D eigenvalue weighted by molar-refractivity contribution is 5.85. The van der Waals surface area contributed by atoms with Crippen LogP contribution in [-0.4, -0.2) is 17.2 Å². The minimum atomic E-state index is -0.0417. The van der Waals surface area contributed by atoms with Crippen LogP contribution in [0.2, 0.25) is 0 Å². The number of nitrogens with zero attached hydrogens (tertiary/aromatic N) is 1. The number of hydrogen-bond acceptors (Lipinski definition) is 3. The molecule has 2 atom stereocenters. The van der Waals surface area contributed by atoms with Crippen molar-refractivity contribution in [3.05, 3.63) is 65.2 Å². The lowest BCUT2D eigenvalue weighted by Gasteiger charge is -2.19. The van der Waals surface area contributed by atoms with Crippen LogP contribution in [0.4, 0.5) is 0 Å². The second-order valence-corrected chi connectivity index (χ2v) is 7.65. The van der Waals surface area contributed by atoms with E-state index in [1.807, 2.05) is 0 Å². The van der Waals surface area contributed by atoms with Gasteiger partial charge < -0.3 is 5.11 Å². The predicted molar refractivity (Wildman–Crippen MR) is 99.8 cm³/mol. The third-order valence-electron chi connectivity index (χ3n) is 4.61. The minimum Gasteiger partial charge on any atom is -0.508 e. The van der Waals surface area contributed by atoms with E-state index in [0.29, 0.717) is 0 Å². The van der Waals surface area contributed by atoms with Crippen LogP contribution in [0, 0.1) is 5.92 Å². The average molecular weight is 336 g/mol. The Kier molecular flexibility index (Phi) is 4.62. The summed E-state index contributed by atoms with van der Waals surface area (Å²) in [7, 11) is 0. The highest BCUT2D eigenvalue weighted by Crippen LogP contribution is 2.47. The lowest BCUT2D eigenvalue weighted by molar-refractivity contribution is -0.122. The van der Waals surface area contributed by atoms with E-state index >= 15 is 0 Å². The fraction of sp³-hybridized carbons (Fsp3) is 0.333. The maximum absolute atomic E-state index is 12.2. The number of benzene rings is 2. The van der Waals surface area contributed by atoms with Gasteiger partial charge in [-0.3, -0.25) is 4.79 Å². The third kappa shape index (κ3) is 4.27. The first-order valence-electron chi connectivity index (χ1n) is 8.57. The van der Waals surface area contributed by atoms with E-state index in [-0.39, 0.29) is 28.9 Å².